The first kappa shape index (κ1) is 22.3. The quantitative estimate of drug-likeness (QED) is 0.437. The third-order valence-corrected chi connectivity index (χ3v) is 2.54. The molecule has 0 aliphatic heterocycles. The number of carbonyl (C=O) groups excluding carboxylic acids is 3. The highest BCUT2D eigenvalue weighted by Crippen LogP contribution is 2.19. The molecule has 0 aromatic carbocycles. The fourth-order valence-electron chi connectivity index (χ4n) is 1.70. The van der Waals surface area contributed by atoms with Gasteiger partial charge in [-0.2, -0.15) is 5.06 Å². The zero-order chi connectivity index (χ0) is 19.1. The number of hydrogen-bond donors (Lipinski definition) is 1. The Hall–Kier alpha value is -1.67. The van der Waals surface area contributed by atoms with Crippen molar-refractivity contribution in [3.05, 3.63) is 0 Å². The molecule has 0 saturated heterocycles. The number of ether oxygens (including phenoxy) is 2. The topological polar surface area (TPSA) is 102 Å². The summed E-state index contributed by atoms with van der Waals surface area (Å²) < 4.78 is 9.74. The summed E-state index contributed by atoms with van der Waals surface area (Å²) >= 11 is 0. The van der Waals surface area contributed by atoms with E-state index in [1.54, 1.807) is 41.5 Å². The van der Waals surface area contributed by atoms with Gasteiger partial charge in [0.1, 0.15) is 5.60 Å². The van der Waals surface area contributed by atoms with Crippen molar-refractivity contribution >= 4 is 17.8 Å². The van der Waals surface area contributed by atoms with Crippen LogP contribution in [0.3, 0.4) is 0 Å². The fourth-order valence-corrected chi connectivity index (χ4v) is 1.70. The number of rotatable bonds is 6. The van der Waals surface area contributed by atoms with E-state index in [1.165, 1.54) is 7.11 Å². The molecule has 1 atom stereocenters. The molecule has 8 nitrogen and oxygen atoms in total. The van der Waals surface area contributed by atoms with Crippen LogP contribution in [0.25, 0.3) is 0 Å². The summed E-state index contributed by atoms with van der Waals surface area (Å²) in [7, 11) is 1.17. The molecule has 0 saturated carbocycles. The smallest absolute Gasteiger partial charge is 0.399 e. The monoisotopic (exact) mass is 347 g/mol. The van der Waals surface area contributed by atoms with Crippen LogP contribution in [-0.2, 0) is 28.7 Å². The number of carbonyl (C=O) groups is 3. The first-order valence-corrected chi connectivity index (χ1v) is 7.76. The van der Waals surface area contributed by atoms with Crippen molar-refractivity contribution in [1.82, 2.24) is 5.06 Å². The number of aliphatic hydroxyl groups is 1. The number of hydroxylamine groups is 2. The lowest BCUT2D eigenvalue weighted by molar-refractivity contribution is -0.247. The van der Waals surface area contributed by atoms with Crippen molar-refractivity contribution in [2.24, 2.45) is 0 Å². The van der Waals surface area contributed by atoms with Gasteiger partial charge in [0.2, 0.25) is 0 Å². The molecular weight excluding hydrogens is 318 g/mol. The number of amides is 1. The third kappa shape index (κ3) is 8.26. The minimum absolute atomic E-state index is 0.0772. The molecule has 0 rings (SSSR count). The van der Waals surface area contributed by atoms with Crippen LogP contribution in [-0.4, -0.2) is 59.0 Å². The maximum atomic E-state index is 12.5. The molecule has 0 aliphatic rings. The lowest BCUT2D eigenvalue weighted by atomic mass is 10.1. The normalized spacial score (nSPS) is 13.2. The van der Waals surface area contributed by atoms with E-state index in [1.807, 2.05) is 0 Å². The summed E-state index contributed by atoms with van der Waals surface area (Å²) in [6, 6.07) is -1.17. The average molecular weight is 347 g/mol. The van der Waals surface area contributed by atoms with Crippen LogP contribution in [0, 0.1) is 0 Å². The first-order chi connectivity index (χ1) is 10.8. The Bertz CT molecular complexity index is 448. The molecule has 0 aromatic heterocycles. The minimum atomic E-state index is -1.17. The number of esters is 2. The molecule has 0 aromatic rings. The van der Waals surface area contributed by atoms with Crippen LogP contribution in [0.1, 0.15) is 54.4 Å². The van der Waals surface area contributed by atoms with Gasteiger partial charge >= 0.3 is 17.8 Å². The van der Waals surface area contributed by atoms with Crippen LogP contribution in [0.5, 0.6) is 0 Å². The van der Waals surface area contributed by atoms with E-state index in [9.17, 15) is 14.4 Å². The van der Waals surface area contributed by atoms with E-state index in [0.29, 0.717) is 5.06 Å². The molecule has 8 heteroatoms. The predicted molar refractivity (Wildman–Crippen MR) is 85.7 cm³/mol. The van der Waals surface area contributed by atoms with Gasteiger partial charge in [-0.05, 0) is 54.4 Å². The van der Waals surface area contributed by atoms with Gasteiger partial charge in [0.25, 0.3) is 0 Å². The van der Waals surface area contributed by atoms with Crippen LogP contribution in [0.15, 0.2) is 0 Å². The third-order valence-electron chi connectivity index (χ3n) is 2.54. The van der Waals surface area contributed by atoms with Gasteiger partial charge in [0, 0.05) is 6.61 Å². The lowest BCUT2D eigenvalue weighted by Gasteiger charge is -2.34. The molecule has 24 heavy (non-hydrogen) atoms. The van der Waals surface area contributed by atoms with E-state index in [4.69, 9.17) is 14.7 Å². The van der Waals surface area contributed by atoms with Crippen LogP contribution in [0.2, 0.25) is 0 Å². The Morgan fingerprint density at radius 1 is 1.04 bits per heavy atom. The zero-order valence-electron chi connectivity index (χ0n) is 15.5. The summed E-state index contributed by atoms with van der Waals surface area (Å²) in [5.41, 5.74) is -1.71. The Morgan fingerprint density at radius 2 is 1.58 bits per heavy atom. The van der Waals surface area contributed by atoms with Crippen molar-refractivity contribution in [3.63, 3.8) is 0 Å². The lowest BCUT2D eigenvalue weighted by Crippen LogP contribution is -2.52. The molecule has 140 valence electrons. The number of aliphatic hydroxyl groups excluding tert-OH is 1. The van der Waals surface area contributed by atoms with E-state index in [-0.39, 0.29) is 19.4 Å². The standard InChI is InChI=1S/C16H29NO7/c1-15(2,3)23-14(21)12(19)17(24-16(4,5)6)11(9-8-10-18)13(20)22-7/h11,18H,8-10H2,1-7H3. The Balaban J connectivity index is 5.57. The van der Waals surface area contributed by atoms with Gasteiger partial charge in [-0.1, -0.05) is 0 Å². The highest BCUT2D eigenvalue weighted by Gasteiger charge is 2.39. The molecule has 1 unspecified atom stereocenters. The van der Waals surface area contributed by atoms with E-state index in [0.717, 1.165) is 0 Å². The Kier molecular flexibility index (Phi) is 8.36. The largest absolute Gasteiger partial charge is 0.467 e. The maximum absolute atomic E-state index is 12.5. The highest BCUT2D eigenvalue weighted by molar-refractivity contribution is 6.32. The van der Waals surface area contributed by atoms with Gasteiger partial charge in [0.15, 0.2) is 6.04 Å². The zero-order valence-corrected chi connectivity index (χ0v) is 15.5. The summed E-state index contributed by atoms with van der Waals surface area (Å²) in [5, 5.41) is 9.69. The van der Waals surface area contributed by atoms with Gasteiger partial charge in [-0.25, -0.2) is 9.59 Å². The second-order valence-electron chi connectivity index (χ2n) is 7.24. The van der Waals surface area contributed by atoms with Crippen LogP contribution >= 0.6 is 0 Å². The van der Waals surface area contributed by atoms with Crippen molar-refractivity contribution in [2.75, 3.05) is 13.7 Å². The van der Waals surface area contributed by atoms with Crippen molar-refractivity contribution in [2.45, 2.75) is 71.6 Å². The molecule has 0 spiro atoms. The number of nitrogens with zero attached hydrogens (tertiary/aromatic N) is 1. The maximum Gasteiger partial charge on any atom is 0.399 e. The molecule has 0 radical (unpaired) electrons. The molecule has 0 fully saturated rings. The Morgan fingerprint density at radius 3 is 1.96 bits per heavy atom. The average Bonchev–Trinajstić information content (AvgIpc) is 2.42. The van der Waals surface area contributed by atoms with Crippen molar-refractivity contribution < 1.29 is 33.8 Å². The SMILES string of the molecule is COC(=O)C(CCCO)N(OC(C)(C)C)C(=O)C(=O)OC(C)(C)C. The summed E-state index contributed by atoms with van der Waals surface area (Å²) in [6.07, 6.45) is 0.305. The molecule has 0 heterocycles. The second kappa shape index (κ2) is 8.98. The van der Waals surface area contributed by atoms with Crippen LogP contribution < -0.4 is 0 Å². The highest BCUT2D eigenvalue weighted by atomic mass is 16.7. The van der Waals surface area contributed by atoms with Crippen LogP contribution in [0.4, 0.5) is 0 Å². The number of hydrogen-bond acceptors (Lipinski definition) is 7. The summed E-state index contributed by atoms with van der Waals surface area (Å²) in [6.45, 7) is 9.69. The Labute approximate surface area is 143 Å². The second-order valence-corrected chi connectivity index (χ2v) is 7.24. The van der Waals surface area contributed by atoms with Gasteiger partial charge in [-0.3, -0.25) is 9.63 Å². The first-order valence-electron chi connectivity index (χ1n) is 7.76. The molecule has 0 aliphatic carbocycles. The minimum Gasteiger partial charge on any atom is -0.467 e. The number of methoxy groups -OCH3 is 1. The summed E-state index contributed by atoms with van der Waals surface area (Å²) in [5.74, 6) is -2.98. The molecule has 1 N–H and O–H groups in total. The molecule has 0 bridgehead atoms. The summed E-state index contributed by atoms with van der Waals surface area (Å²) in [4.78, 5) is 42.1. The van der Waals surface area contributed by atoms with E-state index < -0.39 is 35.1 Å². The van der Waals surface area contributed by atoms with Gasteiger partial charge in [-0.15, -0.1) is 0 Å². The van der Waals surface area contributed by atoms with Gasteiger partial charge < -0.3 is 14.6 Å². The van der Waals surface area contributed by atoms with E-state index in [2.05, 4.69) is 4.74 Å². The van der Waals surface area contributed by atoms with E-state index >= 15 is 0 Å². The molecular formula is C16H29NO7. The predicted octanol–water partition coefficient (Wildman–Crippen LogP) is 1.20. The van der Waals surface area contributed by atoms with Crippen molar-refractivity contribution in [3.8, 4) is 0 Å². The van der Waals surface area contributed by atoms with Crippen molar-refractivity contribution in [1.29, 1.82) is 0 Å². The van der Waals surface area contributed by atoms with Gasteiger partial charge in [0.05, 0.1) is 12.7 Å². The fraction of sp³-hybridized carbons (Fsp3) is 0.812. The molecule has 1 amide bonds.